The molecule has 2 aromatic rings. The molecule has 0 aliphatic rings. The van der Waals surface area contributed by atoms with Crippen molar-refractivity contribution >= 4 is 11.6 Å². The van der Waals surface area contributed by atoms with E-state index in [4.69, 9.17) is 16.9 Å². The molecule has 1 aromatic carbocycles. The van der Waals surface area contributed by atoms with Gasteiger partial charge in [-0.1, -0.05) is 29.8 Å². The Morgan fingerprint density at radius 2 is 1.90 bits per heavy atom. The van der Waals surface area contributed by atoms with E-state index in [9.17, 15) is 13.2 Å². The van der Waals surface area contributed by atoms with Crippen LogP contribution in [0.25, 0.3) is 11.3 Å². The average molecular weight is 313 g/mol. The van der Waals surface area contributed by atoms with Crippen LogP contribution in [-0.2, 0) is 6.42 Å². The number of benzene rings is 1. The topological polar surface area (TPSA) is 45.9 Å². The van der Waals surface area contributed by atoms with Gasteiger partial charge >= 0.3 is 6.36 Å². The monoisotopic (exact) mass is 312 g/mol. The molecule has 0 spiro atoms. The number of hydrogen-bond acceptors (Lipinski definition) is 3. The zero-order valence-electron chi connectivity index (χ0n) is 10.5. The number of alkyl halides is 3. The van der Waals surface area contributed by atoms with Crippen LogP contribution in [0.1, 0.15) is 5.56 Å². The van der Waals surface area contributed by atoms with Crippen LogP contribution in [0, 0.1) is 11.3 Å². The molecule has 1 heterocycles. The highest BCUT2D eigenvalue weighted by Gasteiger charge is 2.32. The highest BCUT2D eigenvalue weighted by Crippen LogP contribution is 2.33. The van der Waals surface area contributed by atoms with Crippen molar-refractivity contribution in [1.82, 2.24) is 4.98 Å². The molecule has 0 fully saturated rings. The maximum Gasteiger partial charge on any atom is 0.573 e. The predicted octanol–water partition coefficient (Wildman–Crippen LogP) is 4.37. The fraction of sp³-hybridized carbons (Fsp3) is 0.143. The van der Waals surface area contributed by atoms with Crippen molar-refractivity contribution in [1.29, 1.82) is 5.26 Å². The number of ether oxygens (including phenoxy) is 1. The average Bonchev–Trinajstić information content (AvgIpc) is 2.40. The Morgan fingerprint density at radius 3 is 2.52 bits per heavy atom. The highest BCUT2D eigenvalue weighted by molar-refractivity contribution is 6.30. The number of nitrogens with zero attached hydrogens (tertiary/aromatic N) is 2. The lowest BCUT2D eigenvalue weighted by atomic mass is 10.1. The van der Waals surface area contributed by atoms with Crippen LogP contribution in [0.5, 0.6) is 5.75 Å². The van der Waals surface area contributed by atoms with Crippen LogP contribution in [0.15, 0.2) is 36.4 Å². The lowest BCUT2D eigenvalue weighted by Gasteiger charge is -2.13. The van der Waals surface area contributed by atoms with E-state index in [-0.39, 0.29) is 28.6 Å². The lowest BCUT2D eigenvalue weighted by molar-refractivity contribution is -0.274. The van der Waals surface area contributed by atoms with Crippen molar-refractivity contribution in [3.05, 3.63) is 47.1 Å². The van der Waals surface area contributed by atoms with E-state index < -0.39 is 6.36 Å². The van der Waals surface area contributed by atoms with Gasteiger partial charge in [0.05, 0.1) is 18.2 Å². The quantitative estimate of drug-likeness (QED) is 0.791. The first-order valence-corrected chi connectivity index (χ1v) is 6.16. The standard InChI is InChI=1S/C14H8ClF3N2O/c15-13-9(7-8-19)5-6-11(20-13)10-3-1-2-4-12(10)21-14(16,17)18/h1-6H,7H2. The molecule has 0 N–H and O–H groups in total. The number of hydrogen-bond donors (Lipinski definition) is 0. The molecule has 2 rings (SSSR count). The Labute approximate surface area is 123 Å². The first kappa shape index (κ1) is 15.1. The summed E-state index contributed by atoms with van der Waals surface area (Å²) in [6, 6.07) is 10.6. The van der Waals surface area contributed by atoms with Gasteiger partial charge in [0.1, 0.15) is 10.9 Å². The Balaban J connectivity index is 2.43. The number of aromatic nitrogens is 1. The first-order chi connectivity index (χ1) is 9.90. The molecule has 3 nitrogen and oxygen atoms in total. The molecule has 0 radical (unpaired) electrons. The second-order valence-corrected chi connectivity index (χ2v) is 4.38. The van der Waals surface area contributed by atoms with Crippen LogP contribution in [0.2, 0.25) is 5.15 Å². The highest BCUT2D eigenvalue weighted by atomic mass is 35.5. The first-order valence-electron chi connectivity index (χ1n) is 5.78. The minimum atomic E-state index is -4.79. The van der Waals surface area contributed by atoms with E-state index >= 15 is 0 Å². The van der Waals surface area contributed by atoms with Gasteiger partial charge in [0, 0.05) is 11.1 Å². The Kier molecular flexibility index (Phi) is 4.34. The fourth-order valence-electron chi connectivity index (χ4n) is 1.72. The van der Waals surface area contributed by atoms with E-state index in [2.05, 4.69) is 9.72 Å². The summed E-state index contributed by atoms with van der Waals surface area (Å²) >= 11 is 5.92. The molecule has 0 bridgehead atoms. The zero-order valence-corrected chi connectivity index (χ0v) is 11.2. The van der Waals surface area contributed by atoms with E-state index in [1.54, 1.807) is 12.1 Å². The molecule has 0 atom stereocenters. The second-order valence-electron chi connectivity index (χ2n) is 4.03. The largest absolute Gasteiger partial charge is 0.573 e. The third-order valence-corrected chi connectivity index (χ3v) is 2.91. The molecule has 0 amide bonds. The lowest BCUT2D eigenvalue weighted by Crippen LogP contribution is -2.17. The molecule has 0 saturated carbocycles. The van der Waals surface area contributed by atoms with Crippen molar-refractivity contribution in [2.24, 2.45) is 0 Å². The van der Waals surface area contributed by atoms with Gasteiger partial charge in [0.15, 0.2) is 0 Å². The van der Waals surface area contributed by atoms with Gasteiger partial charge < -0.3 is 4.74 Å². The SMILES string of the molecule is N#CCc1ccc(-c2ccccc2OC(F)(F)F)nc1Cl. The molecule has 1 aromatic heterocycles. The number of halogens is 4. The third kappa shape index (κ3) is 3.86. The van der Waals surface area contributed by atoms with Crippen LogP contribution in [0.3, 0.4) is 0 Å². The maximum atomic E-state index is 12.4. The molecule has 21 heavy (non-hydrogen) atoms. The number of para-hydroxylation sites is 1. The van der Waals surface area contributed by atoms with Gasteiger partial charge in [0.2, 0.25) is 0 Å². The molecule has 0 saturated heterocycles. The number of rotatable bonds is 3. The predicted molar refractivity (Wildman–Crippen MR) is 70.7 cm³/mol. The number of nitriles is 1. The van der Waals surface area contributed by atoms with E-state index in [0.29, 0.717) is 5.56 Å². The third-order valence-electron chi connectivity index (χ3n) is 2.58. The molecule has 7 heteroatoms. The Hall–Kier alpha value is -2.26. The minimum absolute atomic E-state index is 0.0762. The smallest absolute Gasteiger partial charge is 0.405 e. The normalized spacial score (nSPS) is 11.0. The molecular weight excluding hydrogens is 305 g/mol. The summed E-state index contributed by atoms with van der Waals surface area (Å²) in [4.78, 5) is 4.02. The van der Waals surface area contributed by atoms with Crippen LogP contribution < -0.4 is 4.74 Å². The van der Waals surface area contributed by atoms with E-state index in [1.807, 2.05) is 6.07 Å². The van der Waals surface area contributed by atoms with E-state index in [1.165, 1.54) is 24.3 Å². The minimum Gasteiger partial charge on any atom is -0.405 e. The maximum absolute atomic E-state index is 12.4. The van der Waals surface area contributed by atoms with Crippen molar-refractivity contribution in [2.75, 3.05) is 0 Å². The van der Waals surface area contributed by atoms with Crippen molar-refractivity contribution < 1.29 is 17.9 Å². The van der Waals surface area contributed by atoms with Gasteiger partial charge in [-0.25, -0.2) is 4.98 Å². The van der Waals surface area contributed by atoms with Crippen molar-refractivity contribution in [3.63, 3.8) is 0 Å². The van der Waals surface area contributed by atoms with Gasteiger partial charge in [-0.2, -0.15) is 5.26 Å². The van der Waals surface area contributed by atoms with E-state index in [0.717, 1.165) is 0 Å². The summed E-state index contributed by atoms with van der Waals surface area (Å²) < 4.78 is 41.1. The van der Waals surface area contributed by atoms with Gasteiger partial charge in [0.25, 0.3) is 0 Å². The number of pyridine rings is 1. The summed E-state index contributed by atoms with van der Waals surface area (Å²) in [6.07, 6.45) is -4.71. The molecule has 0 unspecified atom stereocenters. The van der Waals surface area contributed by atoms with Crippen LogP contribution >= 0.6 is 11.6 Å². The molecule has 0 aliphatic heterocycles. The summed E-state index contributed by atoms with van der Waals surface area (Å²) in [5, 5.41) is 8.70. The van der Waals surface area contributed by atoms with Crippen molar-refractivity contribution in [3.8, 4) is 23.1 Å². The fourth-order valence-corrected chi connectivity index (χ4v) is 1.94. The van der Waals surface area contributed by atoms with Crippen LogP contribution in [-0.4, -0.2) is 11.3 Å². The van der Waals surface area contributed by atoms with Gasteiger partial charge in [-0.05, 0) is 18.2 Å². The van der Waals surface area contributed by atoms with Gasteiger partial charge in [-0.3, -0.25) is 0 Å². The Morgan fingerprint density at radius 1 is 1.19 bits per heavy atom. The van der Waals surface area contributed by atoms with Crippen LogP contribution in [0.4, 0.5) is 13.2 Å². The molecule has 108 valence electrons. The molecular formula is C14H8ClF3N2O. The Bertz CT molecular complexity index is 695. The van der Waals surface area contributed by atoms with Gasteiger partial charge in [-0.15, -0.1) is 13.2 Å². The zero-order chi connectivity index (χ0) is 15.5. The summed E-state index contributed by atoms with van der Waals surface area (Å²) in [7, 11) is 0. The summed E-state index contributed by atoms with van der Waals surface area (Å²) in [5.74, 6) is -0.360. The summed E-state index contributed by atoms with van der Waals surface area (Å²) in [5.41, 5.74) is 0.916. The summed E-state index contributed by atoms with van der Waals surface area (Å²) in [6.45, 7) is 0. The molecule has 0 aliphatic carbocycles. The second kappa shape index (κ2) is 6.02. The van der Waals surface area contributed by atoms with Crippen molar-refractivity contribution in [2.45, 2.75) is 12.8 Å².